The number of benzene rings is 1. The number of aromatic nitrogens is 1. The first-order chi connectivity index (χ1) is 13.2. The van der Waals surface area contributed by atoms with Crippen LogP contribution >= 0.6 is 0 Å². The van der Waals surface area contributed by atoms with E-state index in [4.69, 9.17) is 13.9 Å². The van der Waals surface area contributed by atoms with Crippen molar-refractivity contribution in [1.82, 2.24) is 10.3 Å². The molecule has 0 atom stereocenters. The van der Waals surface area contributed by atoms with Gasteiger partial charge in [-0.1, -0.05) is 13.0 Å². The van der Waals surface area contributed by atoms with E-state index in [2.05, 4.69) is 17.2 Å². The zero-order valence-corrected chi connectivity index (χ0v) is 15.4. The van der Waals surface area contributed by atoms with Gasteiger partial charge in [0.25, 0.3) is 5.91 Å². The topological polar surface area (TPSA) is 73.6 Å². The highest BCUT2D eigenvalue weighted by atomic mass is 16.5. The smallest absolute Gasteiger partial charge is 0.287 e. The molecule has 1 amide bonds. The van der Waals surface area contributed by atoms with Gasteiger partial charge in [0.1, 0.15) is 11.5 Å². The van der Waals surface area contributed by atoms with Gasteiger partial charge >= 0.3 is 0 Å². The second kappa shape index (κ2) is 8.89. The first kappa shape index (κ1) is 18.5. The van der Waals surface area contributed by atoms with E-state index in [1.807, 2.05) is 37.3 Å². The minimum absolute atomic E-state index is 0.273. The zero-order chi connectivity index (χ0) is 19.1. The summed E-state index contributed by atoms with van der Waals surface area (Å²) in [5, 5.41) is 2.83. The van der Waals surface area contributed by atoms with Crippen molar-refractivity contribution in [2.24, 2.45) is 0 Å². The summed E-state index contributed by atoms with van der Waals surface area (Å²) < 4.78 is 16.6. The summed E-state index contributed by atoms with van der Waals surface area (Å²) in [5.74, 6) is 1.92. The largest absolute Gasteiger partial charge is 0.494 e. The van der Waals surface area contributed by atoms with E-state index in [1.54, 1.807) is 18.3 Å². The van der Waals surface area contributed by atoms with E-state index in [1.165, 1.54) is 6.26 Å². The Morgan fingerprint density at radius 2 is 1.93 bits per heavy atom. The molecular formula is C21H22N2O4. The summed E-state index contributed by atoms with van der Waals surface area (Å²) in [5.41, 5.74) is 1.56. The molecule has 0 bridgehead atoms. The lowest BCUT2D eigenvalue weighted by atomic mass is 10.2. The lowest BCUT2D eigenvalue weighted by Crippen LogP contribution is -2.23. The average Bonchev–Trinajstić information content (AvgIpc) is 3.12. The van der Waals surface area contributed by atoms with Crippen molar-refractivity contribution in [2.45, 2.75) is 26.8 Å². The number of aryl methyl sites for hydroxylation is 1. The summed E-state index contributed by atoms with van der Waals surface area (Å²) >= 11 is 0. The Bertz CT molecular complexity index is 887. The van der Waals surface area contributed by atoms with Gasteiger partial charge in [0.15, 0.2) is 5.76 Å². The molecule has 0 saturated heterocycles. The Morgan fingerprint density at radius 1 is 1.15 bits per heavy atom. The number of pyridine rings is 1. The average molecular weight is 366 g/mol. The predicted octanol–water partition coefficient (Wildman–Crippen LogP) is 4.49. The van der Waals surface area contributed by atoms with E-state index in [0.717, 1.165) is 23.3 Å². The zero-order valence-electron chi connectivity index (χ0n) is 15.4. The Labute approximate surface area is 158 Å². The van der Waals surface area contributed by atoms with Crippen LogP contribution in [0, 0.1) is 6.92 Å². The maximum Gasteiger partial charge on any atom is 0.287 e. The predicted molar refractivity (Wildman–Crippen MR) is 101 cm³/mol. The van der Waals surface area contributed by atoms with Crippen LogP contribution in [0.5, 0.6) is 17.4 Å². The molecule has 0 aliphatic carbocycles. The van der Waals surface area contributed by atoms with Crippen molar-refractivity contribution >= 4 is 5.91 Å². The van der Waals surface area contributed by atoms with Gasteiger partial charge in [-0.2, -0.15) is 0 Å². The minimum atomic E-state index is -0.273. The number of nitrogens with one attached hydrogen (secondary N) is 1. The molecule has 0 unspecified atom stereocenters. The Morgan fingerprint density at radius 3 is 2.63 bits per heavy atom. The van der Waals surface area contributed by atoms with Crippen molar-refractivity contribution < 1.29 is 18.7 Å². The fraction of sp³-hybridized carbons (Fsp3) is 0.238. The summed E-state index contributed by atoms with van der Waals surface area (Å²) in [6.07, 6.45) is 4.10. The molecule has 0 aliphatic rings. The lowest BCUT2D eigenvalue weighted by molar-refractivity contribution is 0.0922. The molecule has 0 fully saturated rings. The molecule has 1 aromatic carbocycles. The Balaban J connectivity index is 1.65. The molecule has 2 heterocycles. The molecule has 6 heteroatoms. The summed E-state index contributed by atoms with van der Waals surface area (Å²) in [6.45, 7) is 4.84. The summed E-state index contributed by atoms with van der Waals surface area (Å²) in [7, 11) is 0. The van der Waals surface area contributed by atoms with E-state index in [9.17, 15) is 4.79 Å². The van der Waals surface area contributed by atoms with Gasteiger partial charge in [-0.25, -0.2) is 4.98 Å². The molecule has 0 spiro atoms. The van der Waals surface area contributed by atoms with Gasteiger partial charge in [0.2, 0.25) is 5.88 Å². The number of rotatable bonds is 8. The third kappa shape index (κ3) is 4.88. The molecule has 2 aromatic heterocycles. The molecule has 3 aromatic rings. The fourth-order valence-corrected chi connectivity index (χ4v) is 2.45. The van der Waals surface area contributed by atoms with Crippen molar-refractivity contribution in [3.8, 4) is 17.4 Å². The maximum absolute atomic E-state index is 12.2. The maximum atomic E-state index is 12.2. The van der Waals surface area contributed by atoms with Crippen LogP contribution in [-0.4, -0.2) is 17.5 Å². The Hall–Kier alpha value is -3.28. The molecule has 0 aliphatic heterocycles. The summed E-state index contributed by atoms with van der Waals surface area (Å²) in [4.78, 5) is 16.5. The molecule has 140 valence electrons. The number of hydrogen-bond donors (Lipinski definition) is 1. The monoisotopic (exact) mass is 366 g/mol. The van der Waals surface area contributed by atoms with Crippen LogP contribution in [0.4, 0.5) is 0 Å². The number of furan rings is 1. The normalized spacial score (nSPS) is 10.4. The number of carbonyl (C=O) groups excluding carboxylic acids is 1. The lowest BCUT2D eigenvalue weighted by Gasteiger charge is -2.11. The van der Waals surface area contributed by atoms with E-state index < -0.39 is 0 Å². The number of nitrogens with zero attached hydrogens (tertiary/aromatic N) is 1. The van der Waals surface area contributed by atoms with Crippen LogP contribution in [-0.2, 0) is 6.54 Å². The molecule has 3 rings (SSSR count). The Kier molecular flexibility index (Phi) is 6.10. The fourth-order valence-electron chi connectivity index (χ4n) is 2.45. The van der Waals surface area contributed by atoms with Crippen LogP contribution in [0.2, 0.25) is 0 Å². The van der Waals surface area contributed by atoms with Gasteiger partial charge in [0, 0.05) is 23.9 Å². The number of carbonyl (C=O) groups is 1. The van der Waals surface area contributed by atoms with Crippen molar-refractivity contribution in [3.05, 3.63) is 71.8 Å². The van der Waals surface area contributed by atoms with Crippen LogP contribution in [0.15, 0.2) is 59.3 Å². The first-order valence-electron chi connectivity index (χ1n) is 8.84. The van der Waals surface area contributed by atoms with Crippen LogP contribution in [0.3, 0.4) is 0 Å². The molecular weight excluding hydrogens is 344 g/mol. The third-order valence-electron chi connectivity index (χ3n) is 3.87. The SMILES string of the molecule is CCCOc1ccc(Oc2ncccc2CNC(=O)c2occc2C)cc1. The highest BCUT2D eigenvalue weighted by Crippen LogP contribution is 2.25. The first-order valence-corrected chi connectivity index (χ1v) is 8.84. The minimum Gasteiger partial charge on any atom is -0.494 e. The number of amides is 1. The van der Waals surface area contributed by atoms with Gasteiger partial charge < -0.3 is 19.2 Å². The highest BCUT2D eigenvalue weighted by Gasteiger charge is 2.14. The number of ether oxygens (including phenoxy) is 2. The van der Waals surface area contributed by atoms with Crippen LogP contribution < -0.4 is 14.8 Å². The third-order valence-corrected chi connectivity index (χ3v) is 3.87. The summed E-state index contributed by atoms with van der Waals surface area (Å²) in [6, 6.07) is 12.8. The standard InChI is InChI=1S/C21H22N2O4/c1-3-12-25-17-6-8-18(9-7-17)27-21-16(5-4-11-22-21)14-23-20(24)19-15(2)10-13-26-19/h4-11,13H,3,12,14H2,1-2H3,(H,23,24). The van der Waals surface area contributed by atoms with Crippen molar-refractivity contribution in [3.63, 3.8) is 0 Å². The van der Waals surface area contributed by atoms with Crippen LogP contribution in [0.1, 0.15) is 35.0 Å². The van der Waals surface area contributed by atoms with Crippen LogP contribution in [0.25, 0.3) is 0 Å². The number of hydrogen-bond acceptors (Lipinski definition) is 5. The quantitative estimate of drug-likeness (QED) is 0.636. The van der Waals surface area contributed by atoms with E-state index in [0.29, 0.717) is 24.0 Å². The van der Waals surface area contributed by atoms with Crippen molar-refractivity contribution in [2.75, 3.05) is 6.61 Å². The molecule has 0 saturated carbocycles. The molecule has 6 nitrogen and oxygen atoms in total. The van der Waals surface area contributed by atoms with Gasteiger partial charge in [-0.3, -0.25) is 4.79 Å². The van der Waals surface area contributed by atoms with Gasteiger partial charge in [-0.05, 0) is 49.7 Å². The molecule has 1 N–H and O–H groups in total. The molecule has 0 radical (unpaired) electrons. The van der Waals surface area contributed by atoms with Gasteiger partial charge in [0.05, 0.1) is 12.9 Å². The molecule has 27 heavy (non-hydrogen) atoms. The second-order valence-corrected chi connectivity index (χ2v) is 6.01. The highest BCUT2D eigenvalue weighted by molar-refractivity contribution is 5.92. The van der Waals surface area contributed by atoms with E-state index in [-0.39, 0.29) is 12.5 Å². The van der Waals surface area contributed by atoms with Crippen molar-refractivity contribution in [1.29, 1.82) is 0 Å². The van der Waals surface area contributed by atoms with Gasteiger partial charge in [-0.15, -0.1) is 0 Å². The second-order valence-electron chi connectivity index (χ2n) is 6.01. The van der Waals surface area contributed by atoms with E-state index >= 15 is 0 Å².